The van der Waals surface area contributed by atoms with Gasteiger partial charge in [-0.2, -0.15) is 0 Å². The van der Waals surface area contributed by atoms with Gasteiger partial charge in [0, 0.05) is 17.3 Å². The van der Waals surface area contributed by atoms with Crippen molar-refractivity contribution in [1.82, 2.24) is 5.32 Å². The molecule has 0 aliphatic heterocycles. The minimum Gasteiger partial charge on any atom is -0.494 e. The molecule has 0 saturated heterocycles. The SMILES string of the molecule is CCOc1ccccc1CCCNC(=S)Nc1ccc(C)c(Cl)c1. The van der Waals surface area contributed by atoms with E-state index in [1.807, 2.05) is 50.2 Å². The maximum atomic E-state index is 6.12. The predicted molar refractivity (Wildman–Crippen MR) is 106 cm³/mol. The molecule has 0 fully saturated rings. The van der Waals surface area contributed by atoms with Crippen molar-refractivity contribution in [3.8, 4) is 5.75 Å². The summed E-state index contributed by atoms with van der Waals surface area (Å²) in [5.41, 5.74) is 3.17. The Labute approximate surface area is 154 Å². The van der Waals surface area contributed by atoms with E-state index >= 15 is 0 Å². The van der Waals surface area contributed by atoms with Gasteiger partial charge in [-0.05, 0) is 68.2 Å². The second-order valence-corrected chi connectivity index (χ2v) is 6.30. The molecule has 0 spiro atoms. The van der Waals surface area contributed by atoms with Crippen LogP contribution in [0.2, 0.25) is 5.02 Å². The Morgan fingerprint density at radius 1 is 1.21 bits per heavy atom. The molecular weight excluding hydrogens is 340 g/mol. The molecule has 0 bridgehead atoms. The number of benzene rings is 2. The quantitative estimate of drug-likeness (QED) is 0.538. The average molecular weight is 363 g/mol. The fourth-order valence-electron chi connectivity index (χ4n) is 2.33. The molecule has 128 valence electrons. The second-order valence-electron chi connectivity index (χ2n) is 5.49. The van der Waals surface area contributed by atoms with Crippen molar-refractivity contribution in [1.29, 1.82) is 0 Å². The Balaban J connectivity index is 1.76. The van der Waals surface area contributed by atoms with E-state index < -0.39 is 0 Å². The molecule has 0 aromatic heterocycles. The highest BCUT2D eigenvalue weighted by atomic mass is 35.5. The van der Waals surface area contributed by atoms with Crippen LogP contribution in [0, 0.1) is 6.92 Å². The number of ether oxygens (including phenoxy) is 1. The van der Waals surface area contributed by atoms with Gasteiger partial charge in [0.15, 0.2) is 5.11 Å². The van der Waals surface area contributed by atoms with Crippen molar-refractivity contribution in [2.75, 3.05) is 18.5 Å². The third-order valence-electron chi connectivity index (χ3n) is 3.61. The van der Waals surface area contributed by atoms with Gasteiger partial charge in [-0.25, -0.2) is 0 Å². The number of hydrogen-bond acceptors (Lipinski definition) is 2. The first kappa shape index (κ1) is 18.6. The molecule has 2 rings (SSSR count). The van der Waals surface area contributed by atoms with Crippen LogP contribution in [-0.4, -0.2) is 18.3 Å². The Bertz CT molecular complexity index is 691. The molecule has 0 amide bonds. The van der Waals surface area contributed by atoms with Gasteiger partial charge in [0.05, 0.1) is 6.61 Å². The topological polar surface area (TPSA) is 33.3 Å². The van der Waals surface area contributed by atoms with Crippen LogP contribution in [0.1, 0.15) is 24.5 Å². The maximum absolute atomic E-state index is 6.12. The molecule has 2 aromatic carbocycles. The lowest BCUT2D eigenvalue weighted by Gasteiger charge is -2.12. The van der Waals surface area contributed by atoms with E-state index in [2.05, 4.69) is 16.7 Å². The molecular formula is C19H23ClN2OS. The van der Waals surface area contributed by atoms with E-state index in [0.29, 0.717) is 11.7 Å². The lowest BCUT2D eigenvalue weighted by Crippen LogP contribution is -2.29. The van der Waals surface area contributed by atoms with Crippen LogP contribution in [0.25, 0.3) is 0 Å². The molecule has 0 saturated carbocycles. The minimum absolute atomic E-state index is 0.605. The molecule has 0 radical (unpaired) electrons. The van der Waals surface area contributed by atoms with Crippen LogP contribution in [0.5, 0.6) is 5.75 Å². The normalized spacial score (nSPS) is 10.3. The number of halogens is 1. The van der Waals surface area contributed by atoms with Crippen molar-refractivity contribution < 1.29 is 4.74 Å². The maximum Gasteiger partial charge on any atom is 0.170 e. The Kier molecular flexibility index (Phi) is 7.35. The summed E-state index contributed by atoms with van der Waals surface area (Å²) in [5.74, 6) is 0.968. The molecule has 0 aliphatic rings. The van der Waals surface area contributed by atoms with Crippen LogP contribution >= 0.6 is 23.8 Å². The molecule has 5 heteroatoms. The van der Waals surface area contributed by atoms with Gasteiger partial charge in [0.25, 0.3) is 0 Å². The summed E-state index contributed by atoms with van der Waals surface area (Å²) >= 11 is 11.4. The molecule has 0 aliphatic carbocycles. The molecule has 0 unspecified atom stereocenters. The van der Waals surface area contributed by atoms with Crippen LogP contribution in [0.4, 0.5) is 5.69 Å². The number of anilines is 1. The summed E-state index contributed by atoms with van der Waals surface area (Å²) in [4.78, 5) is 0. The molecule has 0 atom stereocenters. The lowest BCUT2D eigenvalue weighted by molar-refractivity contribution is 0.336. The standard InChI is InChI=1S/C19H23ClN2OS/c1-3-23-18-9-5-4-7-15(18)8-6-12-21-19(24)22-16-11-10-14(2)17(20)13-16/h4-5,7,9-11,13H,3,6,8,12H2,1-2H3,(H2,21,22,24). The number of nitrogens with one attached hydrogen (secondary N) is 2. The van der Waals surface area contributed by atoms with E-state index in [4.69, 9.17) is 28.6 Å². The number of aryl methyl sites for hydroxylation is 2. The fourth-order valence-corrected chi connectivity index (χ4v) is 2.73. The lowest BCUT2D eigenvalue weighted by atomic mass is 10.1. The largest absolute Gasteiger partial charge is 0.494 e. The van der Waals surface area contributed by atoms with Crippen molar-refractivity contribution in [3.63, 3.8) is 0 Å². The van der Waals surface area contributed by atoms with Crippen LogP contribution < -0.4 is 15.4 Å². The number of hydrogen-bond donors (Lipinski definition) is 2. The first-order valence-corrected chi connectivity index (χ1v) is 8.90. The third-order valence-corrected chi connectivity index (χ3v) is 4.26. The monoisotopic (exact) mass is 362 g/mol. The third kappa shape index (κ3) is 5.69. The van der Waals surface area contributed by atoms with Gasteiger partial charge in [0.2, 0.25) is 0 Å². The molecule has 0 heterocycles. The highest BCUT2D eigenvalue weighted by Gasteiger charge is 2.03. The highest BCUT2D eigenvalue weighted by molar-refractivity contribution is 7.80. The zero-order chi connectivity index (χ0) is 17.4. The van der Waals surface area contributed by atoms with Gasteiger partial charge < -0.3 is 15.4 Å². The zero-order valence-electron chi connectivity index (χ0n) is 14.1. The number of thiocarbonyl (C=S) groups is 1. The van der Waals surface area contributed by atoms with Gasteiger partial charge in [0.1, 0.15) is 5.75 Å². The van der Waals surface area contributed by atoms with Gasteiger partial charge in [-0.15, -0.1) is 0 Å². The van der Waals surface area contributed by atoms with Crippen molar-refractivity contribution in [3.05, 3.63) is 58.6 Å². The highest BCUT2D eigenvalue weighted by Crippen LogP contribution is 2.20. The summed E-state index contributed by atoms with van der Waals surface area (Å²) in [6, 6.07) is 14.0. The summed E-state index contributed by atoms with van der Waals surface area (Å²) < 4.78 is 5.64. The molecule has 24 heavy (non-hydrogen) atoms. The molecule has 2 aromatic rings. The number of para-hydroxylation sites is 1. The first-order chi connectivity index (χ1) is 11.6. The Morgan fingerprint density at radius 2 is 2.00 bits per heavy atom. The van der Waals surface area contributed by atoms with Gasteiger partial charge >= 0.3 is 0 Å². The predicted octanol–water partition coefficient (Wildman–Crippen LogP) is 4.97. The van der Waals surface area contributed by atoms with E-state index in [9.17, 15) is 0 Å². The van der Waals surface area contributed by atoms with E-state index in [0.717, 1.165) is 41.4 Å². The summed E-state index contributed by atoms with van der Waals surface area (Å²) in [5, 5.41) is 7.71. The second kappa shape index (κ2) is 9.50. The van der Waals surface area contributed by atoms with E-state index in [-0.39, 0.29) is 0 Å². The fraction of sp³-hybridized carbons (Fsp3) is 0.316. The summed E-state index contributed by atoms with van der Waals surface area (Å²) in [6.45, 7) is 5.46. The van der Waals surface area contributed by atoms with Gasteiger partial charge in [-0.1, -0.05) is 35.9 Å². The number of rotatable bonds is 7. The Hall–Kier alpha value is -1.78. The first-order valence-electron chi connectivity index (χ1n) is 8.12. The summed E-state index contributed by atoms with van der Waals surface area (Å²) in [6.07, 6.45) is 1.92. The minimum atomic E-state index is 0.605. The average Bonchev–Trinajstić information content (AvgIpc) is 2.57. The van der Waals surface area contributed by atoms with Crippen molar-refractivity contribution in [2.45, 2.75) is 26.7 Å². The van der Waals surface area contributed by atoms with Gasteiger partial charge in [-0.3, -0.25) is 0 Å². The van der Waals surface area contributed by atoms with E-state index in [1.54, 1.807) is 0 Å². The van der Waals surface area contributed by atoms with Crippen molar-refractivity contribution in [2.24, 2.45) is 0 Å². The molecule has 3 nitrogen and oxygen atoms in total. The Morgan fingerprint density at radius 3 is 2.75 bits per heavy atom. The summed E-state index contributed by atoms with van der Waals surface area (Å²) in [7, 11) is 0. The zero-order valence-corrected chi connectivity index (χ0v) is 15.6. The van der Waals surface area contributed by atoms with Crippen LogP contribution in [0.3, 0.4) is 0 Å². The van der Waals surface area contributed by atoms with Crippen LogP contribution in [0.15, 0.2) is 42.5 Å². The van der Waals surface area contributed by atoms with Crippen molar-refractivity contribution >= 4 is 34.6 Å². The van der Waals surface area contributed by atoms with E-state index in [1.165, 1.54) is 5.56 Å². The smallest absolute Gasteiger partial charge is 0.170 e. The van der Waals surface area contributed by atoms with Crippen LogP contribution in [-0.2, 0) is 6.42 Å². The molecule has 2 N–H and O–H groups in total.